The second-order valence-electron chi connectivity index (χ2n) is 13.3. The van der Waals surface area contributed by atoms with Gasteiger partial charge in [-0.15, -0.1) is 0 Å². The zero-order valence-electron chi connectivity index (χ0n) is 28.5. The minimum Gasteiger partial charge on any atom is -0.477 e. The first-order valence-electron chi connectivity index (χ1n) is 16.7. The topological polar surface area (TPSA) is 414 Å². The van der Waals surface area contributed by atoms with Gasteiger partial charge in [0.2, 0.25) is 5.91 Å². The zero-order valence-corrected chi connectivity index (χ0v) is 28.5. The molecular weight excluding hydrogens is 746 g/mol. The summed E-state index contributed by atoms with van der Waals surface area (Å²) < 4.78 is 38.2. The molecule has 0 aromatic carbocycles. The molecule has 314 valence electrons. The molecule has 16 N–H and O–H groups in total. The quantitative estimate of drug-likeness (QED) is 0.0776. The van der Waals surface area contributed by atoms with Gasteiger partial charge in [0.25, 0.3) is 5.79 Å². The molecule has 25 heteroatoms. The van der Waals surface area contributed by atoms with Crippen molar-refractivity contribution in [3.63, 3.8) is 0 Å². The number of aliphatic hydroxyl groups excluding tert-OH is 14. The molecule has 0 aliphatic carbocycles. The third-order valence-electron chi connectivity index (χ3n) is 9.58. The number of carbonyl (C=O) groups excluding carboxylic acids is 1. The number of amides is 1. The summed E-state index contributed by atoms with van der Waals surface area (Å²) in [6.45, 7) is -2.99. The summed E-state index contributed by atoms with van der Waals surface area (Å²) in [7, 11) is 0. The monoisotopic (exact) mass is 795 g/mol. The van der Waals surface area contributed by atoms with Crippen LogP contribution < -0.4 is 5.32 Å². The first-order valence-corrected chi connectivity index (χ1v) is 16.7. The molecule has 4 heterocycles. The van der Waals surface area contributed by atoms with Crippen molar-refractivity contribution < 1.29 is 119 Å². The van der Waals surface area contributed by atoms with Crippen molar-refractivity contribution in [2.45, 2.75) is 142 Å². The van der Waals surface area contributed by atoms with Crippen LogP contribution in [0.3, 0.4) is 0 Å². The molecule has 21 atom stereocenters. The fraction of sp³-hybridized carbons (Fsp3) is 0.931. The maximum Gasteiger partial charge on any atom is 0.364 e. The second-order valence-corrected chi connectivity index (χ2v) is 13.3. The van der Waals surface area contributed by atoms with E-state index in [9.17, 15) is 86.2 Å². The van der Waals surface area contributed by atoms with Crippen molar-refractivity contribution in [2.24, 2.45) is 0 Å². The Morgan fingerprint density at radius 1 is 0.722 bits per heavy atom. The Morgan fingerprint density at radius 3 is 1.76 bits per heavy atom. The highest BCUT2D eigenvalue weighted by Crippen LogP contribution is 2.38. The van der Waals surface area contributed by atoms with Gasteiger partial charge in [-0.2, -0.15) is 0 Å². The number of carboxylic acid groups (broad SMARTS) is 1. The number of aliphatic hydroxyl groups is 14. The van der Waals surface area contributed by atoms with Crippen molar-refractivity contribution in [3.05, 3.63) is 0 Å². The Kier molecular flexibility index (Phi) is 15.4. The van der Waals surface area contributed by atoms with E-state index < -0.39 is 173 Å². The Hall–Kier alpha value is -1.90. The average Bonchev–Trinajstić information content (AvgIpc) is 3.13. The van der Waals surface area contributed by atoms with Gasteiger partial charge in [0, 0.05) is 13.3 Å². The molecular formula is C29H49NO24. The van der Waals surface area contributed by atoms with Crippen molar-refractivity contribution in [1.82, 2.24) is 5.32 Å². The van der Waals surface area contributed by atoms with Crippen molar-refractivity contribution in [3.8, 4) is 0 Å². The molecule has 1 unspecified atom stereocenters. The Bertz CT molecular complexity index is 1230. The Balaban J connectivity index is 1.57. The van der Waals surface area contributed by atoms with Crippen LogP contribution in [-0.2, 0) is 42.7 Å². The largest absolute Gasteiger partial charge is 0.477 e. The molecule has 25 nitrogen and oxygen atoms in total. The molecule has 0 radical (unpaired) electrons. The fourth-order valence-corrected chi connectivity index (χ4v) is 6.65. The van der Waals surface area contributed by atoms with Crippen molar-refractivity contribution >= 4 is 11.9 Å². The maximum atomic E-state index is 12.7. The molecule has 54 heavy (non-hydrogen) atoms. The minimum absolute atomic E-state index is 0.783. The van der Waals surface area contributed by atoms with E-state index in [4.69, 9.17) is 33.2 Å². The van der Waals surface area contributed by atoms with E-state index in [-0.39, 0.29) is 0 Å². The number of hydrogen-bond donors (Lipinski definition) is 16. The number of rotatable bonds is 14. The third-order valence-corrected chi connectivity index (χ3v) is 9.58. The molecule has 0 aromatic rings. The smallest absolute Gasteiger partial charge is 0.364 e. The van der Waals surface area contributed by atoms with E-state index in [0.29, 0.717) is 0 Å². The van der Waals surface area contributed by atoms with E-state index in [1.807, 2.05) is 0 Å². The van der Waals surface area contributed by atoms with Crippen LogP contribution in [0.1, 0.15) is 13.3 Å². The van der Waals surface area contributed by atoms with Crippen LogP contribution in [0.15, 0.2) is 0 Å². The highest BCUT2D eigenvalue weighted by Gasteiger charge is 2.60. The van der Waals surface area contributed by atoms with E-state index in [1.54, 1.807) is 0 Å². The molecule has 4 aliphatic rings. The number of hydrogen-bond acceptors (Lipinski definition) is 23. The normalized spacial score (nSPS) is 47.1. The van der Waals surface area contributed by atoms with Gasteiger partial charge in [0.15, 0.2) is 18.9 Å². The van der Waals surface area contributed by atoms with E-state index >= 15 is 0 Å². The number of nitrogens with one attached hydrogen (secondary N) is 1. The predicted octanol–water partition coefficient (Wildman–Crippen LogP) is -10.4. The van der Waals surface area contributed by atoms with Gasteiger partial charge >= 0.3 is 5.97 Å². The van der Waals surface area contributed by atoms with Gasteiger partial charge in [-0.3, -0.25) is 4.79 Å². The van der Waals surface area contributed by atoms with E-state index in [2.05, 4.69) is 5.32 Å². The Labute approximate surface area is 305 Å². The number of aliphatic carboxylic acids is 1. The number of carbonyl (C=O) groups is 2. The highest BCUT2D eigenvalue weighted by molar-refractivity contribution is 5.76. The van der Waals surface area contributed by atoms with Crippen LogP contribution in [0.25, 0.3) is 0 Å². The molecule has 4 rings (SSSR count). The van der Waals surface area contributed by atoms with E-state index in [1.165, 1.54) is 0 Å². The summed E-state index contributed by atoms with van der Waals surface area (Å²) in [5.74, 6) is -5.91. The molecule has 4 saturated heterocycles. The lowest BCUT2D eigenvalue weighted by Crippen LogP contribution is -2.71. The number of ether oxygens (including phenoxy) is 7. The van der Waals surface area contributed by atoms with Crippen LogP contribution in [0.5, 0.6) is 0 Å². The van der Waals surface area contributed by atoms with Gasteiger partial charge in [-0.05, 0) is 0 Å². The lowest BCUT2D eigenvalue weighted by atomic mass is 9.88. The van der Waals surface area contributed by atoms with Gasteiger partial charge in [-0.1, -0.05) is 0 Å². The van der Waals surface area contributed by atoms with Crippen LogP contribution >= 0.6 is 0 Å². The van der Waals surface area contributed by atoms with E-state index in [0.717, 1.165) is 6.92 Å². The first kappa shape index (κ1) is 44.8. The summed E-state index contributed by atoms with van der Waals surface area (Å²) in [6, 6.07) is -1.59. The summed E-state index contributed by atoms with van der Waals surface area (Å²) in [6.07, 6.45) is -38.3. The minimum atomic E-state index is -3.10. The molecule has 4 fully saturated rings. The van der Waals surface area contributed by atoms with Crippen LogP contribution in [0, 0.1) is 0 Å². The molecule has 0 spiro atoms. The fourth-order valence-electron chi connectivity index (χ4n) is 6.65. The second kappa shape index (κ2) is 18.6. The lowest BCUT2D eigenvalue weighted by Gasteiger charge is -2.51. The van der Waals surface area contributed by atoms with Crippen LogP contribution in [0.4, 0.5) is 0 Å². The highest BCUT2D eigenvalue weighted by atomic mass is 16.8. The SMILES string of the molecule is CC(=O)N[C@H]1[C@H]([C@H](O)[C@H](O)CO)O[C@@](O[C@H]2[C@@H](O)[C@@H](CO)O[C@H](O[C@@H]3[C@H](O)[C@@H](O)[C@H](O[C@H]4[C@H](O)[C@@H](O)C(O)O[C@@H]4CO)O[C@@H]3CO)[C@@H]2O)(C(=O)O)C[C@@H]1O. The van der Waals surface area contributed by atoms with Gasteiger partial charge in [0.05, 0.1) is 38.6 Å². The Morgan fingerprint density at radius 2 is 1.24 bits per heavy atom. The molecule has 4 aliphatic heterocycles. The lowest BCUT2D eigenvalue weighted by molar-refractivity contribution is -0.392. The standard InChI is InChI=1S/C29H49NO24/c1-7(35)30-13-8(36)2-29(28(46)47,53-23(13)14(38)9(37)3-31)54-24-15(39)10(4-32)49-27(20(24)44)52-22-12(6-34)50-26(19(43)17(22)41)51-21-11(5-33)48-25(45)18(42)16(21)40/h8-27,31-34,36-45H,2-6H2,1H3,(H,30,35)(H,46,47)/t8-,9+,10+,11+,12+,13+,14+,15-,16+,17+,18+,19+,20+,21+,22-,23+,24-,25?,26-,27+,29-/m0/s1. The zero-order chi connectivity index (χ0) is 40.4. The molecule has 0 aromatic heterocycles. The van der Waals surface area contributed by atoms with Crippen LogP contribution in [-0.4, -0.2) is 243 Å². The van der Waals surface area contributed by atoms with Crippen molar-refractivity contribution in [1.29, 1.82) is 0 Å². The summed E-state index contributed by atoms with van der Waals surface area (Å²) in [5, 5.41) is 158. The number of carboxylic acids is 1. The van der Waals surface area contributed by atoms with Gasteiger partial charge < -0.3 is 115 Å². The first-order chi connectivity index (χ1) is 25.4. The van der Waals surface area contributed by atoms with Gasteiger partial charge in [0.1, 0.15) is 91.6 Å². The predicted molar refractivity (Wildman–Crippen MR) is 163 cm³/mol. The molecule has 0 saturated carbocycles. The third kappa shape index (κ3) is 9.12. The van der Waals surface area contributed by atoms with Crippen LogP contribution in [0.2, 0.25) is 0 Å². The molecule has 0 bridgehead atoms. The van der Waals surface area contributed by atoms with Gasteiger partial charge in [-0.25, -0.2) is 4.79 Å². The maximum absolute atomic E-state index is 12.7. The van der Waals surface area contributed by atoms with Crippen molar-refractivity contribution in [2.75, 3.05) is 26.4 Å². The summed E-state index contributed by atoms with van der Waals surface area (Å²) >= 11 is 0. The average molecular weight is 796 g/mol. The summed E-state index contributed by atoms with van der Waals surface area (Å²) in [5.41, 5.74) is 0. The summed E-state index contributed by atoms with van der Waals surface area (Å²) in [4.78, 5) is 24.6. The molecule has 1 amide bonds.